The van der Waals surface area contributed by atoms with Gasteiger partial charge in [0, 0.05) is 24.5 Å². The zero-order valence-electron chi connectivity index (χ0n) is 12.4. The van der Waals surface area contributed by atoms with Crippen LogP contribution in [-0.4, -0.2) is 37.6 Å². The first kappa shape index (κ1) is 15.0. The van der Waals surface area contributed by atoms with Crippen LogP contribution in [0.25, 0.3) is 0 Å². The summed E-state index contributed by atoms with van der Waals surface area (Å²) in [7, 11) is 0. The molecule has 1 aromatic rings. The highest BCUT2D eigenvalue weighted by molar-refractivity contribution is 7.09. The fourth-order valence-corrected chi connectivity index (χ4v) is 3.58. The lowest BCUT2D eigenvalue weighted by atomic mass is 9.87. The Kier molecular flexibility index (Phi) is 6.35. The molecule has 0 amide bonds. The Morgan fingerprint density at radius 1 is 1.32 bits per heavy atom. The Morgan fingerprint density at radius 2 is 2.11 bits per heavy atom. The third-order valence-electron chi connectivity index (χ3n) is 4.31. The maximum absolute atomic E-state index is 3.57. The molecule has 2 nitrogen and oxygen atoms in total. The number of nitrogens with zero attached hydrogens (tertiary/aromatic N) is 1. The summed E-state index contributed by atoms with van der Waals surface area (Å²) in [5.74, 6) is 1.83. The van der Waals surface area contributed by atoms with Crippen molar-refractivity contribution in [1.82, 2.24) is 10.2 Å². The van der Waals surface area contributed by atoms with E-state index in [2.05, 4.69) is 41.6 Å². The van der Waals surface area contributed by atoms with Crippen LogP contribution >= 0.6 is 11.3 Å². The van der Waals surface area contributed by atoms with E-state index < -0.39 is 0 Å². The molecule has 0 atom stereocenters. The fraction of sp³-hybridized carbons (Fsp3) is 0.750. The molecular formula is C16H28N2S. The first-order valence-electron chi connectivity index (χ1n) is 7.71. The molecule has 108 valence electrons. The van der Waals surface area contributed by atoms with Crippen molar-refractivity contribution in [3.63, 3.8) is 0 Å². The average Bonchev–Trinajstić information content (AvgIpc) is 2.92. The fourth-order valence-electron chi connectivity index (χ4n) is 2.87. The van der Waals surface area contributed by atoms with Crippen LogP contribution in [0.5, 0.6) is 0 Å². The van der Waals surface area contributed by atoms with Gasteiger partial charge in [0.05, 0.1) is 0 Å². The number of rotatable bonds is 7. The van der Waals surface area contributed by atoms with Crippen molar-refractivity contribution in [2.45, 2.75) is 33.1 Å². The highest BCUT2D eigenvalue weighted by Gasteiger charge is 2.20. The third kappa shape index (κ3) is 5.25. The molecule has 0 saturated carbocycles. The lowest BCUT2D eigenvalue weighted by Gasteiger charge is -2.33. The molecule has 1 fully saturated rings. The predicted molar refractivity (Wildman–Crippen MR) is 84.9 cm³/mol. The smallest absolute Gasteiger partial charge is 0.0107 e. The monoisotopic (exact) mass is 280 g/mol. The summed E-state index contributed by atoms with van der Waals surface area (Å²) in [6, 6.07) is 4.36. The summed E-state index contributed by atoms with van der Waals surface area (Å²) in [4.78, 5) is 4.11. The standard InChI is InChI=1S/C16H28N2S/c1-14(2)15-6-10-18(11-7-15)12-9-17-8-5-16-4-3-13-19-16/h3-4,13-15,17H,5-12H2,1-2H3. The molecule has 2 heterocycles. The van der Waals surface area contributed by atoms with E-state index in [1.807, 2.05) is 11.3 Å². The Hall–Kier alpha value is -0.380. The second-order valence-electron chi connectivity index (χ2n) is 6.00. The van der Waals surface area contributed by atoms with Gasteiger partial charge < -0.3 is 10.2 Å². The van der Waals surface area contributed by atoms with Crippen molar-refractivity contribution >= 4 is 11.3 Å². The zero-order chi connectivity index (χ0) is 13.5. The van der Waals surface area contributed by atoms with Crippen LogP contribution in [0.4, 0.5) is 0 Å². The minimum Gasteiger partial charge on any atom is -0.315 e. The lowest BCUT2D eigenvalue weighted by molar-refractivity contribution is 0.159. The second kappa shape index (κ2) is 8.03. The summed E-state index contributed by atoms with van der Waals surface area (Å²) in [5.41, 5.74) is 0. The van der Waals surface area contributed by atoms with Crippen LogP contribution in [0.3, 0.4) is 0 Å². The van der Waals surface area contributed by atoms with Gasteiger partial charge in [-0.1, -0.05) is 19.9 Å². The number of hydrogen-bond acceptors (Lipinski definition) is 3. The zero-order valence-corrected chi connectivity index (χ0v) is 13.2. The third-order valence-corrected chi connectivity index (χ3v) is 5.24. The largest absolute Gasteiger partial charge is 0.315 e. The Morgan fingerprint density at radius 3 is 2.74 bits per heavy atom. The normalized spacial score (nSPS) is 18.3. The van der Waals surface area contributed by atoms with Crippen molar-refractivity contribution in [2.75, 3.05) is 32.7 Å². The van der Waals surface area contributed by atoms with E-state index in [0.29, 0.717) is 0 Å². The molecule has 1 aliphatic heterocycles. The number of nitrogens with one attached hydrogen (secondary N) is 1. The molecule has 1 saturated heterocycles. The molecule has 0 bridgehead atoms. The topological polar surface area (TPSA) is 15.3 Å². The van der Waals surface area contributed by atoms with E-state index >= 15 is 0 Å². The van der Waals surface area contributed by atoms with Gasteiger partial charge in [0.25, 0.3) is 0 Å². The van der Waals surface area contributed by atoms with Crippen LogP contribution in [0, 0.1) is 11.8 Å². The van der Waals surface area contributed by atoms with Gasteiger partial charge >= 0.3 is 0 Å². The molecule has 0 unspecified atom stereocenters. The summed E-state index contributed by atoms with van der Waals surface area (Å²) in [6.07, 6.45) is 3.97. The molecule has 0 spiro atoms. The van der Waals surface area contributed by atoms with E-state index in [1.165, 1.54) is 43.8 Å². The van der Waals surface area contributed by atoms with Crippen molar-refractivity contribution < 1.29 is 0 Å². The van der Waals surface area contributed by atoms with Gasteiger partial charge in [-0.05, 0) is 55.6 Å². The van der Waals surface area contributed by atoms with Crippen molar-refractivity contribution in [3.8, 4) is 0 Å². The average molecular weight is 280 g/mol. The molecule has 1 N–H and O–H groups in total. The van der Waals surface area contributed by atoms with E-state index in [4.69, 9.17) is 0 Å². The van der Waals surface area contributed by atoms with Crippen molar-refractivity contribution in [2.24, 2.45) is 11.8 Å². The number of likely N-dealkylation sites (tertiary alicyclic amines) is 1. The molecule has 1 aliphatic rings. The Bertz CT molecular complexity index is 327. The molecule has 1 aromatic heterocycles. The molecule has 19 heavy (non-hydrogen) atoms. The first-order valence-corrected chi connectivity index (χ1v) is 8.59. The number of hydrogen-bond donors (Lipinski definition) is 1. The molecule has 3 heteroatoms. The van der Waals surface area contributed by atoms with E-state index in [-0.39, 0.29) is 0 Å². The minimum absolute atomic E-state index is 0.867. The first-order chi connectivity index (χ1) is 9.25. The van der Waals surface area contributed by atoms with Gasteiger partial charge in [0.15, 0.2) is 0 Å². The second-order valence-corrected chi connectivity index (χ2v) is 7.03. The van der Waals surface area contributed by atoms with Crippen LogP contribution < -0.4 is 5.32 Å². The van der Waals surface area contributed by atoms with E-state index in [9.17, 15) is 0 Å². The maximum atomic E-state index is 3.57. The van der Waals surface area contributed by atoms with Crippen LogP contribution in [0.15, 0.2) is 17.5 Å². The van der Waals surface area contributed by atoms with Crippen molar-refractivity contribution in [1.29, 1.82) is 0 Å². The summed E-state index contributed by atoms with van der Waals surface area (Å²) in [6.45, 7) is 10.8. The van der Waals surface area contributed by atoms with Crippen LogP contribution in [0.2, 0.25) is 0 Å². The molecule has 0 aromatic carbocycles. The van der Waals surface area contributed by atoms with Gasteiger partial charge in [-0.25, -0.2) is 0 Å². The summed E-state index contributed by atoms with van der Waals surface area (Å²) >= 11 is 1.86. The van der Waals surface area contributed by atoms with E-state index in [1.54, 1.807) is 0 Å². The van der Waals surface area contributed by atoms with Crippen molar-refractivity contribution in [3.05, 3.63) is 22.4 Å². The SMILES string of the molecule is CC(C)C1CCN(CCNCCc2cccs2)CC1. The Labute approximate surface area is 122 Å². The molecular weight excluding hydrogens is 252 g/mol. The van der Waals surface area contributed by atoms with Crippen LogP contribution in [0.1, 0.15) is 31.6 Å². The molecule has 2 rings (SSSR count). The predicted octanol–water partition coefficient (Wildman–Crippen LogP) is 3.25. The number of piperidine rings is 1. The maximum Gasteiger partial charge on any atom is 0.0107 e. The van der Waals surface area contributed by atoms with Gasteiger partial charge in [0.1, 0.15) is 0 Å². The van der Waals surface area contributed by atoms with Gasteiger partial charge in [-0.15, -0.1) is 11.3 Å². The van der Waals surface area contributed by atoms with Gasteiger partial charge in [-0.2, -0.15) is 0 Å². The molecule has 0 aliphatic carbocycles. The minimum atomic E-state index is 0.867. The lowest BCUT2D eigenvalue weighted by Crippen LogP contribution is -2.39. The highest BCUT2D eigenvalue weighted by atomic mass is 32.1. The summed E-state index contributed by atoms with van der Waals surface area (Å²) < 4.78 is 0. The Balaban J connectivity index is 1.50. The highest BCUT2D eigenvalue weighted by Crippen LogP contribution is 2.23. The summed E-state index contributed by atoms with van der Waals surface area (Å²) in [5, 5.41) is 5.73. The van der Waals surface area contributed by atoms with Crippen LogP contribution in [-0.2, 0) is 6.42 Å². The van der Waals surface area contributed by atoms with Gasteiger partial charge in [-0.3, -0.25) is 0 Å². The number of thiophene rings is 1. The quantitative estimate of drug-likeness (QED) is 0.771. The van der Waals surface area contributed by atoms with Gasteiger partial charge in [0.2, 0.25) is 0 Å². The molecule has 0 radical (unpaired) electrons. The van der Waals surface area contributed by atoms with E-state index in [0.717, 1.165) is 24.9 Å².